The Bertz CT molecular complexity index is 647. The third-order valence-corrected chi connectivity index (χ3v) is 2.31. The summed E-state index contributed by atoms with van der Waals surface area (Å²) in [5, 5.41) is 16.7. The normalized spacial score (nSPS) is 11.4. The van der Waals surface area contributed by atoms with E-state index in [0.717, 1.165) is 9.13 Å². The van der Waals surface area contributed by atoms with E-state index in [1.165, 1.54) is 21.0 Å². The van der Waals surface area contributed by atoms with Crippen molar-refractivity contribution in [3.8, 4) is 5.88 Å². The van der Waals surface area contributed by atoms with Gasteiger partial charge in [0.1, 0.15) is 5.56 Å². The molecule has 0 aliphatic carbocycles. The zero-order valence-electron chi connectivity index (χ0n) is 10.2. The van der Waals surface area contributed by atoms with Crippen LogP contribution in [0.25, 0.3) is 0 Å². The monoisotopic (exact) mass is 254 g/mol. The minimum atomic E-state index is -0.678. The number of hydrogen-bond donors (Lipinski definition) is 3. The highest BCUT2D eigenvalue weighted by molar-refractivity contribution is 6.00. The maximum atomic E-state index is 11.8. The molecule has 0 aromatic carbocycles. The molecule has 1 heterocycles. The molecule has 1 aromatic rings. The van der Waals surface area contributed by atoms with Gasteiger partial charge in [-0.05, 0) is 6.92 Å². The van der Waals surface area contributed by atoms with E-state index in [2.05, 4.69) is 10.2 Å². The Hall–Kier alpha value is -2.58. The third-order valence-electron chi connectivity index (χ3n) is 2.31. The zero-order valence-corrected chi connectivity index (χ0v) is 10.2. The number of rotatable bonds is 2. The summed E-state index contributed by atoms with van der Waals surface area (Å²) in [5.74, 6) is -0.773. The summed E-state index contributed by atoms with van der Waals surface area (Å²) in [6.45, 7) is 1.44. The van der Waals surface area contributed by atoms with Crippen LogP contribution in [0.3, 0.4) is 0 Å². The molecule has 1 rings (SSSR count). The second kappa shape index (κ2) is 4.73. The van der Waals surface area contributed by atoms with Crippen LogP contribution in [0.15, 0.2) is 19.8 Å². The van der Waals surface area contributed by atoms with E-state index in [0.29, 0.717) is 0 Å². The van der Waals surface area contributed by atoms with Crippen molar-refractivity contribution < 1.29 is 5.11 Å². The van der Waals surface area contributed by atoms with Gasteiger partial charge in [-0.1, -0.05) is 0 Å². The summed E-state index contributed by atoms with van der Waals surface area (Å²) in [5.41, 5.74) is 8.84. The molecule has 0 unspecified atom stereocenters. The van der Waals surface area contributed by atoms with Crippen LogP contribution in [-0.2, 0) is 14.1 Å². The molecule has 0 spiro atoms. The maximum absolute atomic E-state index is 11.8. The molecule has 0 saturated heterocycles. The van der Waals surface area contributed by atoms with Gasteiger partial charge in [0.15, 0.2) is 0 Å². The Morgan fingerprint density at radius 1 is 1.17 bits per heavy atom. The van der Waals surface area contributed by atoms with Crippen molar-refractivity contribution in [3.05, 3.63) is 26.4 Å². The third kappa shape index (κ3) is 2.24. The van der Waals surface area contributed by atoms with Crippen molar-refractivity contribution in [3.63, 3.8) is 0 Å². The average Bonchev–Trinajstić information content (AvgIpc) is 2.31. The lowest BCUT2D eigenvalue weighted by molar-refractivity contribution is 0.410. The smallest absolute Gasteiger partial charge is 0.333 e. The van der Waals surface area contributed by atoms with E-state index in [1.807, 2.05) is 0 Å². The van der Waals surface area contributed by atoms with Gasteiger partial charge in [-0.2, -0.15) is 5.10 Å². The molecule has 98 valence electrons. The van der Waals surface area contributed by atoms with Crippen LogP contribution >= 0.6 is 0 Å². The van der Waals surface area contributed by atoms with E-state index >= 15 is 0 Å². The highest BCUT2D eigenvalue weighted by Crippen LogP contribution is 2.09. The lowest BCUT2D eigenvalue weighted by atomic mass is 10.2. The van der Waals surface area contributed by atoms with E-state index in [-0.39, 0.29) is 17.2 Å². The van der Waals surface area contributed by atoms with Gasteiger partial charge in [-0.3, -0.25) is 13.9 Å². The van der Waals surface area contributed by atoms with Crippen LogP contribution in [-0.4, -0.2) is 25.9 Å². The Morgan fingerprint density at radius 3 is 2.22 bits per heavy atom. The molecular formula is C9H14N6O3. The Kier molecular flexibility index (Phi) is 3.55. The zero-order chi connectivity index (χ0) is 14.0. The van der Waals surface area contributed by atoms with E-state index < -0.39 is 17.1 Å². The molecule has 0 bridgehead atoms. The van der Waals surface area contributed by atoms with Gasteiger partial charge in [0.2, 0.25) is 11.8 Å². The van der Waals surface area contributed by atoms with Crippen molar-refractivity contribution in [2.24, 2.45) is 35.8 Å². The van der Waals surface area contributed by atoms with Crippen LogP contribution in [0.4, 0.5) is 0 Å². The second-order valence-corrected chi connectivity index (χ2v) is 3.61. The number of aromatic hydroxyl groups is 1. The first-order chi connectivity index (χ1) is 8.27. The fourth-order valence-corrected chi connectivity index (χ4v) is 1.33. The molecule has 18 heavy (non-hydrogen) atoms. The summed E-state index contributed by atoms with van der Waals surface area (Å²) in [4.78, 5) is 23.4. The first kappa shape index (κ1) is 13.5. The van der Waals surface area contributed by atoms with Gasteiger partial charge >= 0.3 is 5.69 Å². The molecule has 0 aliphatic rings. The van der Waals surface area contributed by atoms with E-state index in [9.17, 15) is 14.7 Å². The van der Waals surface area contributed by atoms with Gasteiger partial charge in [-0.15, -0.1) is 5.10 Å². The summed E-state index contributed by atoms with van der Waals surface area (Å²) in [6.07, 6.45) is 0. The van der Waals surface area contributed by atoms with Crippen molar-refractivity contribution in [2.75, 3.05) is 0 Å². The topological polar surface area (TPSA) is 141 Å². The van der Waals surface area contributed by atoms with Crippen molar-refractivity contribution in [1.82, 2.24) is 9.13 Å². The highest BCUT2D eigenvalue weighted by Gasteiger charge is 2.17. The number of hydrogen-bond acceptors (Lipinski definition) is 5. The standard InChI is InChI=1S/C9H14N6O3/c1-4(12-13-8(10)11)5-6(16)14(2)9(18)15(3)7(5)17/h16H,1-3H3,(H4,10,11,13)/b12-4+. The van der Waals surface area contributed by atoms with Gasteiger partial charge in [0.05, 0.1) is 5.71 Å². The Labute approximate surface area is 102 Å². The molecule has 9 heteroatoms. The van der Waals surface area contributed by atoms with Crippen LogP contribution < -0.4 is 22.7 Å². The summed E-state index contributed by atoms with van der Waals surface area (Å²) >= 11 is 0. The quantitative estimate of drug-likeness (QED) is 0.311. The molecule has 0 fully saturated rings. The largest absolute Gasteiger partial charge is 0.494 e. The number of guanidine groups is 1. The SMILES string of the molecule is C/C(=N\N=C(N)N)c1c(O)n(C)c(=O)n(C)c1=O. The van der Waals surface area contributed by atoms with Crippen molar-refractivity contribution >= 4 is 11.7 Å². The van der Waals surface area contributed by atoms with Crippen LogP contribution in [0.1, 0.15) is 12.5 Å². The summed E-state index contributed by atoms with van der Waals surface area (Å²) in [6, 6.07) is 0. The highest BCUT2D eigenvalue weighted by atomic mass is 16.3. The Balaban J connectivity index is 3.63. The molecule has 9 nitrogen and oxygen atoms in total. The predicted octanol–water partition coefficient (Wildman–Crippen LogP) is -2.21. The molecule has 0 saturated carbocycles. The lowest BCUT2D eigenvalue weighted by Crippen LogP contribution is -2.39. The molecule has 5 N–H and O–H groups in total. The van der Waals surface area contributed by atoms with Gasteiger partial charge < -0.3 is 16.6 Å². The molecule has 0 amide bonds. The van der Waals surface area contributed by atoms with Gasteiger partial charge in [0, 0.05) is 14.1 Å². The van der Waals surface area contributed by atoms with Crippen LogP contribution in [0.5, 0.6) is 5.88 Å². The van der Waals surface area contributed by atoms with Gasteiger partial charge in [0.25, 0.3) is 5.56 Å². The molecule has 0 radical (unpaired) electrons. The molecule has 0 atom stereocenters. The lowest BCUT2D eigenvalue weighted by Gasteiger charge is -2.09. The number of nitrogens with zero attached hydrogens (tertiary/aromatic N) is 4. The molecular weight excluding hydrogens is 240 g/mol. The van der Waals surface area contributed by atoms with E-state index in [1.54, 1.807) is 0 Å². The minimum Gasteiger partial charge on any atom is -0.494 e. The average molecular weight is 254 g/mol. The molecule has 1 aromatic heterocycles. The second-order valence-electron chi connectivity index (χ2n) is 3.61. The van der Waals surface area contributed by atoms with E-state index in [4.69, 9.17) is 11.5 Å². The summed E-state index contributed by atoms with van der Waals surface area (Å²) in [7, 11) is 2.62. The fourth-order valence-electron chi connectivity index (χ4n) is 1.33. The van der Waals surface area contributed by atoms with Crippen molar-refractivity contribution in [2.45, 2.75) is 6.92 Å². The first-order valence-corrected chi connectivity index (χ1v) is 4.90. The number of nitrogens with two attached hydrogens (primary N) is 2. The van der Waals surface area contributed by atoms with Gasteiger partial charge in [-0.25, -0.2) is 4.79 Å². The number of aromatic nitrogens is 2. The first-order valence-electron chi connectivity index (χ1n) is 4.90. The Morgan fingerprint density at radius 2 is 1.72 bits per heavy atom. The minimum absolute atomic E-state index is 0.0945. The maximum Gasteiger partial charge on any atom is 0.333 e. The fraction of sp³-hybridized carbons (Fsp3) is 0.333. The van der Waals surface area contributed by atoms with Crippen LogP contribution in [0.2, 0.25) is 0 Å². The predicted molar refractivity (Wildman–Crippen MR) is 66.6 cm³/mol. The summed E-state index contributed by atoms with van der Waals surface area (Å²) < 4.78 is 1.77. The van der Waals surface area contributed by atoms with Crippen molar-refractivity contribution in [1.29, 1.82) is 0 Å². The van der Waals surface area contributed by atoms with Crippen LogP contribution in [0, 0.1) is 0 Å². The molecule has 0 aliphatic heterocycles.